The van der Waals surface area contributed by atoms with Crippen molar-refractivity contribution < 1.29 is 4.74 Å². The largest absolute Gasteiger partial charge is 0.380 e. The van der Waals surface area contributed by atoms with Crippen molar-refractivity contribution in [2.75, 3.05) is 20.3 Å². The van der Waals surface area contributed by atoms with Gasteiger partial charge in [0.2, 0.25) is 0 Å². The Kier molecular flexibility index (Phi) is 3.45. The highest BCUT2D eigenvalue weighted by molar-refractivity contribution is 5.04. The average molecular weight is 197 g/mol. The van der Waals surface area contributed by atoms with Crippen molar-refractivity contribution in [2.24, 2.45) is 17.8 Å². The molecule has 14 heavy (non-hydrogen) atoms. The molecular weight excluding hydrogens is 174 g/mol. The summed E-state index contributed by atoms with van der Waals surface area (Å²) in [6.45, 7) is 3.83. The van der Waals surface area contributed by atoms with E-state index in [0.717, 1.165) is 31.0 Å². The van der Waals surface area contributed by atoms with E-state index in [-0.39, 0.29) is 0 Å². The van der Waals surface area contributed by atoms with Crippen LogP contribution in [0.15, 0.2) is 0 Å². The molecule has 0 heterocycles. The molecule has 3 atom stereocenters. The van der Waals surface area contributed by atoms with Gasteiger partial charge in [-0.3, -0.25) is 0 Å². The van der Waals surface area contributed by atoms with Crippen LogP contribution in [0.3, 0.4) is 0 Å². The lowest BCUT2D eigenvalue weighted by Gasteiger charge is -2.15. The zero-order chi connectivity index (χ0) is 9.97. The number of hydrogen-bond donors (Lipinski definition) is 1. The maximum atomic E-state index is 5.53. The molecule has 0 saturated heterocycles. The lowest BCUT2D eigenvalue weighted by Crippen LogP contribution is -2.33. The highest BCUT2D eigenvalue weighted by Gasteiger charge is 2.53. The predicted molar refractivity (Wildman–Crippen MR) is 58.3 cm³/mol. The average Bonchev–Trinajstić information content (AvgIpc) is 2.94. The van der Waals surface area contributed by atoms with E-state index in [4.69, 9.17) is 4.74 Å². The number of nitrogens with one attached hydrogen (secondary N) is 1. The molecule has 0 aromatic heterocycles. The van der Waals surface area contributed by atoms with E-state index in [2.05, 4.69) is 19.3 Å². The van der Waals surface area contributed by atoms with Crippen LogP contribution in [0.5, 0.6) is 0 Å². The van der Waals surface area contributed by atoms with E-state index in [1.54, 1.807) is 0 Å². The van der Waals surface area contributed by atoms with E-state index >= 15 is 0 Å². The summed E-state index contributed by atoms with van der Waals surface area (Å²) in [6.07, 6.45) is 5.87. The monoisotopic (exact) mass is 197 g/mol. The molecule has 0 aromatic rings. The minimum atomic E-state index is 0.614. The van der Waals surface area contributed by atoms with Crippen LogP contribution in [0.2, 0.25) is 0 Å². The van der Waals surface area contributed by atoms with Gasteiger partial charge in [0.25, 0.3) is 0 Å². The second kappa shape index (κ2) is 4.63. The first kappa shape index (κ1) is 10.4. The second-order valence-electron chi connectivity index (χ2n) is 4.74. The van der Waals surface area contributed by atoms with Gasteiger partial charge in [-0.1, -0.05) is 12.8 Å². The molecule has 0 spiro atoms. The van der Waals surface area contributed by atoms with Crippen molar-refractivity contribution in [2.45, 2.75) is 38.6 Å². The molecule has 2 aliphatic rings. The summed E-state index contributed by atoms with van der Waals surface area (Å²) < 4.78 is 5.53. The van der Waals surface area contributed by atoms with Gasteiger partial charge in [-0.15, -0.1) is 0 Å². The van der Waals surface area contributed by atoms with Crippen molar-refractivity contribution in [3.05, 3.63) is 0 Å². The fourth-order valence-electron chi connectivity index (χ4n) is 3.28. The Balaban J connectivity index is 1.81. The summed E-state index contributed by atoms with van der Waals surface area (Å²) in [5.74, 6) is 2.98. The summed E-state index contributed by atoms with van der Waals surface area (Å²) in [7, 11) is 2.08. The van der Waals surface area contributed by atoms with Crippen LogP contribution in [-0.2, 0) is 4.74 Å². The molecule has 0 amide bonds. The van der Waals surface area contributed by atoms with Gasteiger partial charge in [-0.05, 0) is 44.6 Å². The molecule has 2 saturated carbocycles. The Labute approximate surface area is 87.4 Å². The van der Waals surface area contributed by atoms with Crippen LogP contribution in [-0.4, -0.2) is 26.3 Å². The van der Waals surface area contributed by atoms with Gasteiger partial charge in [-0.2, -0.15) is 0 Å². The summed E-state index contributed by atoms with van der Waals surface area (Å²) in [5, 5.41) is 3.43. The molecule has 2 fully saturated rings. The first-order valence-electron chi connectivity index (χ1n) is 6.13. The molecule has 2 aliphatic carbocycles. The normalized spacial score (nSPS) is 37.7. The van der Waals surface area contributed by atoms with Crippen LogP contribution >= 0.6 is 0 Å². The first-order chi connectivity index (χ1) is 6.88. The fraction of sp³-hybridized carbons (Fsp3) is 1.00. The highest BCUT2D eigenvalue weighted by atomic mass is 16.5. The van der Waals surface area contributed by atoms with E-state index < -0.39 is 0 Å². The minimum Gasteiger partial charge on any atom is -0.380 e. The predicted octanol–water partition coefficient (Wildman–Crippen LogP) is 2.05. The molecule has 2 heteroatoms. The van der Waals surface area contributed by atoms with E-state index in [0.29, 0.717) is 6.04 Å². The van der Waals surface area contributed by atoms with E-state index in [1.165, 1.54) is 25.7 Å². The third-order valence-corrected chi connectivity index (χ3v) is 4.06. The van der Waals surface area contributed by atoms with Gasteiger partial charge in [-0.25, -0.2) is 0 Å². The number of likely N-dealkylation sites (N-methyl/N-ethyl adjacent to an activating group) is 1. The summed E-state index contributed by atoms with van der Waals surface area (Å²) in [4.78, 5) is 0. The number of fused-ring (bicyclic) bond motifs is 1. The van der Waals surface area contributed by atoms with Crippen molar-refractivity contribution in [1.82, 2.24) is 5.32 Å². The molecule has 1 N–H and O–H groups in total. The van der Waals surface area contributed by atoms with Crippen molar-refractivity contribution in [3.63, 3.8) is 0 Å². The fourth-order valence-corrected chi connectivity index (χ4v) is 3.28. The number of rotatable bonds is 5. The second-order valence-corrected chi connectivity index (χ2v) is 4.74. The molecule has 2 nitrogen and oxygen atoms in total. The number of ether oxygens (including phenoxy) is 1. The molecule has 82 valence electrons. The molecule has 0 bridgehead atoms. The maximum Gasteiger partial charge on any atom is 0.0622 e. The lowest BCUT2D eigenvalue weighted by molar-refractivity contribution is 0.116. The zero-order valence-electron chi connectivity index (χ0n) is 9.46. The van der Waals surface area contributed by atoms with Gasteiger partial charge in [0.15, 0.2) is 0 Å². The van der Waals surface area contributed by atoms with Gasteiger partial charge in [0, 0.05) is 12.6 Å². The maximum absolute atomic E-state index is 5.53. The Morgan fingerprint density at radius 1 is 1.29 bits per heavy atom. The molecule has 0 aliphatic heterocycles. The first-order valence-corrected chi connectivity index (χ1v) is 6.13. The van der Waals surface area contributed by atoms with Crippen LogP contribution in [0.4, 0.5) is 0 Å². The Morgan fingerprint density at radius 2 is 1.93 bits per heavy atom. The third-order valence-electron chi connectivity index (χ3n) is 4.06. The van der Waals surface area contributed by atoms with E-state index in [1.807, 2.05) is 0 Å². The molecule has 3 unspecified atom stereocenters. The van der Waals surface area contributed by atoms with Gasteiger partial charge in [0.1, 0.15) is 0 Å². The molecule has 2 rings (SSSR count). The topological polar surface area (TPSA) is 21.3 Å². The summed E-state index contributed by atoms with van der Waals surface area (Å²) in [6, 6.07) is 0.614. The van der Waals surface area contributed by atoms with E-state index in [9.17, 15) is 0 Å². The van der Waals surface area contributed by atoms with Crippen LogP contribution in [0, 0.1) is 17.8 Å². The number of hydrogen-bond acceptors (Lipinski definition) is 2. The quantitative estimate of drug-likeness (QED) is 0.728. The van der Waals surface area contributed by atoms with Crippen molar-refractivity contribution in [1.29, 1.82) is 0 Å². The SMILES string of the molecule is CCOCC(NC)C1C2CCCCC21. The van der Waals surface area contributed by atoms with Gasteiger partial charge < -0.3 is 10.1 Å². The van der Waals surface area contributed by atoms with Gasteiger partial charge >= 0.3 is 0 Å². The zero-order valence-corrected chi connectivity index (χ0v) is 9.46. The van der Waals surface area contributed by atoms with Crippen LogP contribution in [0.1, 0.15) is 32.6 Å². The van der Waals surface area contributed by atoms with Gasteiger partial charge in [0.05, 0.1) is 6.61 Å². The molecule has 0 radical (unpaired) electrons. The van der Waals surface area contributed by atoms with Crippen LogP contribution < -0.4 is 5.32 Å². The Morgan fingerprint density at radius 3 is 2.43 bits per heavy atom. The minimum absolute atomic E-state index is 0.614. The van der Waals surface area contributed by atoms with Crippen LogP contribution in [0.25, 0.3) is 0 Å². The smallest absolute Gasteiger partial charge is 0.0622 e. The summed E-state index contributed by atoms with van der Waals surface area (Å²) >= 11 is 0. The summed E-state index contributed by atoms with van der Waals surface area (Å²) in [5.41, 5.74) is 0. The van der Waals surface area contributed by atoms with Crippen molar-refractivity contribution in [3.8, 4) is 0 Å². The molecular formula is C12H23NO. The Hall–Kier alpha value is -0.0800. The Bertz CT molecular complexity index is 171. The highest BCUT2D eigenvalue weighted by Crippen LogP contribution is 2.56. The lowest BCUT2D eigenvalue weighted by atomic mass is 10.0. The standard InChI is InChI=1S/C12H23NO/c1-3-14-8-11(13-2)12-9-6-4-5-7-10(9)12/h9-13H,3-8H2,1-2H3. The third kappa shape index (κ3) is 1.96. The molecule has 0 aromatic carbocycles. The van der Waals surface area contributed by atoms with Crippen molar-refractivity contribution >= 4 is 0 Å².